The van der Waals surface area contributed by atoms with Crippen molar-refractivity contribution in [2.45, 2.75) is 6.54 Å². The first-order chi connectivity index (χ1) is 12.8. The van der Waals surface area contributed by atoms with E-state index in [1.165, 1.54) is 6.33 Å². The number of ether oxygens (including phenoxy) is 1. The van der Waals surface area contributed by atoms with Crippen molar-refractivity contribution in [2.75, 3.05) is 31.2 Å². The van der Waals surface area contributed by atoms with Gasteiger partial charge in [0.1, 0.15) is 12.1 Å². The summed E-state index contributed by atoms with van der Waals surface area (Å²) in [5.41, 5.74) is 2.17. The van der Waals surface area contributed by atoms with Crippen molar-refractivity contribution in [1.82, 2.24) is 20.3 Å². The summed E-state index contributed by atoms with van der Waals surface area (Å²) in [6, 6.07) is 11.5. The highest BCUT2D eigenvalue weighted by Crippen LogP contribution is 2.14. The molecule has 3 heterocycles. The van der Waals surface area contributed by atoms with Gasteiger partial charge in [0.2, 0.25) is 0 Å². The summed E-state index contributed by atoms with van der Waals surface area (Å²) in [7, 11) is 0. The molecular weight excluding hydrogens is 330 g/mol. The molecule has 7 nitrogen and oxygen atoms in total. The standard InChI is InChI=1S/C19H19N5O2/c25-19(15-9-14-3-1-2-4-17(14)20-11-15)21-12-16-10-18(23-13-22-16)24-5-7-26-8-6-24/h1-4,9-11,13H,5-8,12H2,(H,21,25). The molecule has 3 aromatic rings. The van der Waals surface area contributed by atoms with Crippen LogP contribution in [0.1, 0.15) is 16.1 Å². The molecule has 0 radical (unpaired) electrons. The summed E-state index contributed by atoms with van der Waals surface area (Å²) in [6.45, 7) is 3.36. The maximum atomic E-state index is 12.4. The summed E-state index contributed by atoms with van der Waals surface area (Å²) in [6.07, 6.45) is 3.13. The van der Waals surface area contributed by atoms with E-state index in [-0.39, 0.29) is 5.91 Å². The van der Waals surface area contributed by atoms with Crippen LogP contribution in [0.2, 0.25) is 0 Å². The van der Waals surface area contributed by atoms with E-state index >= 15 is 0 Å². The van der Waals surface area contributed by atoms with Crippen LogP contribution >= 0.6 is 0 Å². The zero-order valence-corrected chi connectivity index (χ0v) is 14.3. The Morgan fingerprint density at radius 3 is 2.85 bits per heavy atom. The zero-order chi connectivity index (χ0) is 17.8. The van der Waals surface area contributed by atoms with Gasteiger partial charge < -0.3 is 15.0 Å². The second kappa shape index (κ2) is 7.45. The number of carbonyl (C=O) groups excluding carboxylic acids is 1. The van der Waals surface area contributed by atoms with E-state index < -0.39 is 0 Å². The fourth-order valence-corrected chi connectivity index (χ4v) is 2.92. The molecule has 1 N–H and O–H groups in total. The van der Waals surface area contributed by atoms with Gasteiger partial charge in [-0.3, -0.25) is 9.78 Å². The molecule has 26 heavy (non-hydrogen) atoms. The van der Waals surface area contributed by atoms with E-state index in [4.69, 9.17) is 4.74 Å². The lowest BCUT2D eigenvalue weighted by molar-refractivity contribution is 0.0950. The van der Waals surface area contributed by atoms with Crippen LogP contribution in [0.3, 0.4) is 0 Å². The van der Waals surface area contributed by atoms with Crippen LogP contribution in [0, 0.1) is 0 Å². The summed E-state index contributed by atoms with van der Waals surface area (Å²) in [4.78, 5) is 27.5. The molecule has 7 heteroatoms. The minimum absolute atomic E-state index is 0.171. The third-order valence-corrected chi connectivity index (χ3v) is 4.33. The normalized spacial score (nSPS) is 14.4. The Morgan fingerprint density at radius 2 is 1.96 bits per heavy atom. The van der Waals surface area contributed by atoms with Crippen LogP contribution < -0.4 is 10.2 Å². The maximum Gasteiger partial charge on any atom is 0.253 e. The second-order valence-corrected chi connectivity index (χ2v) is 6.07. The van der Waals surface area contributed by atoms with Gasteiger partial charge in [-0.1, -0.05) is 18.2 Å². The molecule has 0 bridgehead atoms. The van der Waals surface area contributed by atoms with Crippen molar-refractivity contribution in [3.8, 4) is 0 Å². The van der Waals surface area contributed by atoms with Crippen molar-refractivity contribution >= 4 is 22.6 Å². The van der Waals surface area contributed by atoms with Gasteiger partial charge in [-0.25, -0.2) is 9.97 Å². The van der Waals surface area contributed by atoms with Crippen LogP contribution in [-0.2, 0) is 11.3 Å². The van der Waals surface area contributed by atoms with E-state index in [1.807, 2.05) is 36.4 Å². The molecule has 0 unspecified atom stereocenters. The number of amides is 1. The average molecular weight is 349 g/mol. The van der Waals surface area contributed by atoms with Crippen LogP contribution in [0.25, 0.3) is 10.9 Å². The predicted molar refractivity (Wildman–Crippen MR) is 98.0 cm³/mol. The Kier molecular flexibility index (Phi) is 4.70. The number of hydrogen-bond acceptors (Lipinski definition) is 6. The van der Waals surface area contributed by atoms with Gasteiger partial charge >= 0.3 is 0 Å². The number of pyridine rings is 1. The molecule has 1 saturated heterocycles. The second-order valence-electron chi connectivity index (χ2n) is 6.07. The fraction of sp³-hybridized carbons (Fsp3) is 0.263. The Hall–Kier alpha value is -3.06. The highest BCUT2D eigenvalue weighted by Gasteiger charge is 2.13. The first-order valence-corrected chi connectivity index (χ1v) is 8.56. The van der Waals surface area contributed by atoms with E-state index in [9.17, 15) is 4.79 Å². The van der Waals surface area contributed by atoms with Crippen molar-refractivity contribution < 1.29 is 9.53 Å². The lowest BCUT2D eigenvalue weighted by Crippen LogP contribution is -2.37. The van der Waals surface area contributed by atoms with E-state index in [1.54, 1.807) is 6.20 Å². The van der Waals surface area contributed by atoms with Crippen LogP contribution in [0.15, 0.2) is 48.9 Å². The van der Waals surface area contributed by atoms with Gasteiger partial charge in [0.25, 0.3) is 5.91 Å². The molecule has 0 atom stereocenters. The molecule has 1 aromatic carbocycles. The number of anilines is 1. The van der Waals surface area contributed by atoms with Gasteiger partial charge in [0, 0.05) is 30.7 Å². The summed E-state index contributed by atoms with van der Waals surface area (Å²) >= 11 is 0. The number of benzene rings is 1. The predicted octanol–water partition coefficient (Wildman–Crippen LogP) is 1.79. The first kappa shape index (κ1) is 16.4. The summed E-state index contributed by atoms with van der Waals surface area (Å²) < 4.78 is 5.36. The molecule has 4 rings (SSSR count). The molecule has 1 aliphatic rings. The number of rotatable bonds is 4. The molecule has 132 valence electrons. The van der Waals surface area contributed by atoms with Gasteiger partial charge in [-0.15, -0.1) is 0 Å². The third kappa shape index (κ3) is 3.62. The van der Waals surface area contributed by atoms with E-state index in [0.717, 1.165) is 35.5 Å². The molecule has 0 aliphatic carbocycles. The zero-order valence-electron chi connectivity index (χ0n) is 14.3. The number of fused-ring (bicyclic) bond motifs is 1. The lowest BCUT2D eigenvalue weighted by Gasteiger charge is -2.27. The minimum atomic E-state index is -0.171. The number of carbonyl (C=O) groups is 1. The fourth-order valence-electron chi connectivity index (χ4n) is 2.92. The van der Waals surface area contributed by atoms with Crippen molar-refractivity contribution in [2.24, 2.45) is 0 Å². The molecule has 0 saturated carbocycles. The number of nitrogens with zero attached hydrogens (tertiary/aromatic N) is 4. The topological polar surface area (TPSA) is 80.2 Å². The van der Waals surface area contributed by atoms with Crippen LogP contribution in [-0.4, -0.2) is 47.2 Å². The van der Waals surface area contributed by atoms with Crippen LogP contribution in [0.4, 0.5) is 5.82 Å². The van der Waals surface area contributed by atoms with Crippen molar-refractivity contribution in [1.29, 1.82) is 0 Å². The SMILES string of the molecule is O=C(NCc1cc(N2CCOCC2)ncn1)c1cnc2ccccc2c1. The molecular formula is C19H19N5O2. The average Bonchev–Trinajstić information content (AvgIpc) is 2.72. The monoisotopic (exact) mass is 349 g/mol. The van der Waals surface area contributed by atoms with Gasteiger partial charge in [0.15, 0.2) is 0 Å². The number of aromatic nitrogens is 3. The Morgan fingerprint density at radius 1 is 1.12 bits per heavy atom. The number of nitrogens with one attached hydrogen (secondary N) is 1. The van der Waals surface area contributed by atoms with Crippen LogP contribution in [0.5, 0.6) is 0 Å². The van der Waals surface area contributed by atoms with Gasteiger partial charge in [0.05, 0.1) is 36.5 Å². The smallest absolute Gasteiger partial charge is 0.253 e. The summed E-state index contributed by atoms with van der Waals surface area (Å²) in [5, 5.41) is 3.84. The van der Waals surface area contributed by atoms with E-state index in [0.29, 0.717) is 25.3 Å². The van der Waals surface area contributed by atoms with Crippen molar-refractivity contribution in [3.05, 3.63) is 60.2 Å². The minimum Gasteiger partial charge on any atom is -0.378 e. The Bertz CT molecular complexity index is 924. The molecule has 2 aromatic heterocycles. The summed E-state index contributed by atoms with van der Waals surface area (Å²) in [5.74, 6) is 0.690. The van der Waals surface area contributed by atoms with Crippen molar-refractivity contribution in [3.63, 3.8) is 0 Å². The van der Waals surface area contributed by atoms with E-state index in [2.05, 4.69) is 25.2 Å². The lowest BCUT2D eigenvalue weighted by atomic mass is 10.1. The quantitative estimate of drug-likeness (QED) is 0.773. The molecule has 1 fully saturated rings. The Balaban J connectivity index is 1.43. The molecule has 1 aliphatic heterocycles. The molecule has 1 amide bonds. The number of hydrogen-bond donors (Lipinski definition) is 1. The molecule has 0 spiro atoms. The Labute approximate surface area is 151 Å². The largest absolute Gasteiger partial charge is 0.378 e. The number of morpholine rings is 1. The highest BCUT2D eigenvalue weighted by molar-refractivity contribution is 5.97. The van der Waals surface area contributed by atoms with Gasteiger partial charge in [-0.05, 0) is 12.1 Å². The highest BCUT2D eigenvalue weighted by atomic mass is 16.5. The van der Waals surface area contributed by atoms with Gasteiger partial charge in [-0.2, -0.15) is 0 Å². The maximum absolute atomic E-state index is 12.4. The first-order valence-electron chi connectivity index (χ1n) is 8.56. The number of para-hydroxylation sites is 1. The third-order valence-electron chi connectivity index (χ3n) is 4.33.